The first-order valence-electron chi connectivity index (χ1n) is 7.07. The van der Waals surface area contributed by atoms with E-state index in [0.29, 0.717) is 10.9 Å². The van der Waals surface area contributed by atoms with E-state index in [1.807, 2.05) is 6.07 Å². The van der Waals surface area contributed by atoms with Gasteiger partial charge in [0.25, 0.3) is 0 Å². The summed E-state index contributed by atoms with van der Waals surface area (Å²) >= 11 is 1.32. The van der Waals surface area contributed by atoms with Gasteiger partial charge in [0.05, 0.1) is 0 Å². The SMILES string of the molecule is Cc1cc(Sc2ccc(F)cc2F)ccc1CNC1CC1. The lowest BCUT2D eigenvalue weighted by molar-refractivity contribution is 0.565. The Hall–Kier alpha value is -1.39. The summed E-state index contributed by atoms with van der Waals surface area (Å²) in [5, 5.41) is 3.49. The highest BCUT2D eigenvalue weighted by molar-refractivity contribution is 7.99. The fourth-order valence-electron chi connectivity index (χ4n) is 2.16. The molecular formula is C17H17F2NS. The molecule has 0 saturated heterocycles. The highest BCUT2D eigenvalue weighted by Crippen LogP contribution is 2.31. The number of benzene rings is 2. The van der Waals surface area contributed by atoms with E-state index in [9.17, 15) is 8.78 Å². The Labute approximate surface area is 127 Å². The van der Waals surface area contributed by atoms with Crippen molar-refractivity contribution in [3.8, 4) is 0 Å². The number of halogens is 2. The van der Waals surface area contributed by atoms with Crippen LogP contribution in [0, 0.1) is 18.6 Å². The van der Waals surface area contributed by atoms with Crippen molar-refractivity contribution in [2.75, 3.05) is 0 Å². The van der Waals surface area contributed by atoms with Crippen LogP contribution in [0.1, 0.15) is 24.0 Å². The van der Waals surface area contributed by atoms with Crippen LogP contribution < -0.4 is 5.32 Å². The molecule has 1 aliphatic carbocycles. The van der Waals surface area contributed by atoms with Gasteiger partial charge in [-0.1, -0.05) is 17.8 Å². The van der Waals surface area contributed by atoms with E-state index in [1.54, 1.807) is 0 Å². The number of aryl methyl sites for hydroxylation is 1. The second-order valence-electron chi connectivity index (χ2n) is 5.42. The highest BCUT2D eigenvalue weighted by Gasteiger charge is 2.20. The predicted octanol–water partition coefficient (Wildman–Crippen LogP) is 4.68. The Morgan fingerprint density at radius 2 is 1.95 bits per heavy atom. The number of hydrogen-bond acceptors (Lipinski definition) is 2. The molecule has 4 heteroatoms. The quantitative estimate of drug-likeness (QED) is 0.861. The first-order chi connectivity index (χ1) is 10.1. The zero-order chi connectivity index (χ0) is 14.8. The van der Waals surface area contributed by atoms with Gasteiger partial charge in [-0.05, 0) is 55.2 Å². The summed E-state index contributed by atoms with van der Waals surface area (Å²) in [5.74, 6) is -1.06. The van der Waals surface area contributed by atoms with Crippen molar-refractivity contribution >= 4 is 11.8 Å². The highest BCUT2D eigenvalue weighted by atomic mass is 32.2. The molecule has 3 rings (SSSR count). The lowest BCUT2D eigenvalue weighted by Gasteiger charge is -2.10. The van der Waals surface area contributed by atoms with Crippen molar-refractivity contribution in [2.45, 2.75) is 42.1 Å². The molecule has 110 valence electrons. The molecule has 0 radical (unpaired) electrons. The lowest BCUT2D eigenvalue weighted by Crippen LogP contribution is -2.15. The van der Waals surface area contributed by atoms with E-state index in [1.165, 1.54) is 47.9 Å². The maximum Gasteiger partial charge on any atom is 0.140 e. The van der Waals surface area contributed by atoms with Crippen LogP contribution in [0.15, 0.2) is 46.2 Å². The fourth-order valence-corrected chi connectivity index (χ4v) is 3.08. The molecule has 0 aliphatic heterocycles. The second kappa shape index (κ2) is 6.16. The normalized spacial score (nSPS) is 14.4. The fraction of sp³-hybridized carbons (Fsp3) is 0.294. The van der Waals surface area contributed by atoms with Gasteiger partial charge < -0.3 is 5.32 Å². The van der Waals surface area contributed by atoms with Crippen molar-refractivity contribution in [1.82, 2.24) is 5.32 Å². The molecule has 1 fully saturated rings. The molecule has 2 aromatic carbocycles. The molecule has 0 bridgehead atoms. The van der Waals surface area contributed by atoms with E-state index in [-0.39, 0.29) is 0 Å². The van der Waals surface area contributed by atoms with Gasteiger partial charge in [-0.25, -0.2) is 8.78 Å². The van der Waals surface area contributed by atoms with Crippen molar-refractivity contribution in [1.29, 1.82) is 0 Å². The van der Waals surface area contributed by atoms with Crippen LogP contribution in [0.25, 0.3) is 0 Å². The minimum Gasteiger partial charge on any atom is -0.310 e. The van der Waals surface area contributed by atoms with Crippen LogP contribution in [-0.2, 0) is 6.54 Å². The second-order valence-corrected chi connectivity index (χ2v) is 6.54. The summed E-state index contributed by atoms with van der Waals surface area (Å²) in [5.41, 5.74) is 2.46. The van der Waals surface area contributed by atoms with Crippen LogP contribution in [-0.4, -0.2) is 6.04 Å². The van der Waals surface area contributed by atoms with E-state index < -0.39 is 11.6 Å². The Kier molecular flexibility index (Phi) is 4.27. The third-order valence-corrected chi connectivity index (χ3v) is 4.63. The zero-order valence-electron chi connectivity index (χ0n) is 11.8. The third kappa shape index (κ3) is 3.83. The van der Waals surface area contributed by atoms with Crippen molar-refractivity contribution in [3.63, 3.8) is 0 Å². The molecule has 0 unspecified atom stereocenters. The Morgan fingerprint density at radius 1 is 1.14 bits per heavy atom. The lowest BCUT2D eigenvalue weighted by atomic mass is 10.1. The zero-order valence-corrected chi connectivity index (χ0v) is 12.6. The Bertz CT molecular complexity index is 653. The molecule has 1 N–H and O–H groups in total. The summed E-state index contributed by atoms with van der Waals surface area (Å²) in [6.45, 7) is 2.95. The summed E-state index contributed by atoms with van der Waals surface area (Å²) in [4.78, 5) is 1.41. The van der Waals surface area contributed by atoms with E-state index in [2.05, 4.69) is 24.4 Å². The van der Waals surface area contributed by atoms with Crippen LogP contribution in [0.4, 0.5) is 8.78 Å². The van der Waals surface area contributed by atoms with Gasteiger partial charge in [0.15, 0.2) is 0 Å². The minimum atomic E-state index is -0.547. The van der Waals surface area contributed by atoms with Crippen LogP contribution >= 0.6 is 11.8 Å². The molecule has 0 aromatic heterocycles. The molecule has 21 heavy (non-hydrogen) atoms. The average molecular weight is 305 g/mol. The Morgan fingerprint density at radius 3 is 2.62 bits per heavy atom. The first-order valence-corrected chi connectivity index (χ1v) is 7.89. The van der Waals surface area contributed by atoms with E-state index in [0.717, 1.165) is 17.5 Å². The molecule has 0 amide bonds. The molecule has 0 heterocycles. The molecule has 1 saturated carbocycles. The largest absolute Gasteiger partial charge is 0.310 e. The molecular weight excluding hydrogens is 288 g/mol. The number of hydrogen-bond donors (Lipinski definition) is 1. The maximum absolute atomic E-state index is 13.7. The van der Waals surface area contributed by atoms with Crippen molar-refractivity contribution < 1.29 is 8.78 Å². The molecule has 0 atom stereocenters. The Balaban J connectivity index is 1.71. The molecule has 0 spiro atoms. The topological polar surface area (TPSA) is 12.0 Å². The van der Waals surface area contributed by atoms with E-state index >= 15 is 0 Å². The molecule has 2 aromatic rings. The predicted molar refractivity (Wildman–Crippen MR) is 81.5 cm³/mol. The first kappa shape index (κ1) is 14.5. The van der Waals surface area contributed by atoms with Crippen molar-refractivity contribution in [3.05, 3.63) is 59.2 Å². The monoisotopic (exact) mass is 305 g/mol. The minimum absolute atomic E-state index is 0.444. The summed E-state index contributed by atoms with van der Waals surface area (Å²) in [6.07, 6.45) is 2.55. The average Bonchev–Trinajstić information content (AvgIpc) is 3.25. The summed E-state index contributed by atoms with van der Waals surface area (Å²) < 4.78 is 26.6. The summed E-state index contributed by atoms with van der Waals surface area (Å²) in [6, 6.07) is 10.5. The van der Waals surface area contributed by atoms with Gasteiger partial charge in [0.1, 0.15) is 11.6 Å². The van der Waals surface area contributed by atoms with Gasteiger partial charge in [-0.2, -0.15) is 0 Å². The maximum atomic E-state index is 13.7. The van der Waals surface area contributed by atoms with Gasteiger partial charge >= 0.3 is 0 Å². The smallest absolute Gasteiger partial charge is 0.140 e. The van der Waals surface area contributed by atoms with Crippen molar-refractivity contribution in [2.24, 2.45) is 0 Å². The number of nitrogens with one attached hydrogen (secondary N) is 1. The molecule has 1 aliphatic rings. The van der Waals surface area contributed by atoms with Crippen LogP contribution in [0.3, 0.4) is 0 Å². The molecule has 1 nitrogen and oxygen atoms in total. The van der Waals surface area contributed by atoms with Gasteiger partial charge in [-0.15, -0.1) is 0 Å². The summed E-state index contributed by atoms with van der Waals surface area (Å²) in [7, 11) is 0. The standard InChI is InChI=1S/C17H17F2NS/c1-11-8-15(6-2-12(11)10-20-14-4-5-14)21-17-7-3-13(18)9-16(17)19/h2-3,6-9,14,20H,4-5,10H2,1H3. The van der Waals surface area contributed by atoms with Crippen LogP contribution in [0.2, 0.25) is 0 Å². The van der Waals surface area contributed by atoms with Crippen LogP contribution in [0.5, 0.6) is 0 Å². The third-order valence-electron chi connectivity index (χ3n) is 3.59. The van der Waals surface area contributed by atoms with E-state index in [4.69, 9.17) is 0 Å². The van der Waals surface area contributed by atoms with Gasteiger partial charge in [0.2, 0.25) is 0 Å². The van der Waals surface area contributed by atoms with Gasteiger partial charge in [0, 0.05) is 28.4 Å². The van der Waals surface area contributed by atoms with Gasteiger partial charge in [-0.3, -0.25) is 0 Å². The number of rotatable bonds is 5.